The third kappa shape index (κ3) is 5.44. The number of hydrogen-bond donors (Lipinski definition) is 0. The summed E-state index contributed by atoms with van der Waals surface area (Å²) in [6.45, 7) is 9.11. The Morgan fingerprint density at radius 3 is 2.63 bits per heavy atom. The van der Waals surface area contributed by atoms with Crippen LogP contribution in [0.4, 0.5) is 0 Å². The molecular weight excluding hydrogens is 356 g/mol. The summed E-state index contributed by atoms with van der Waals surface area (Å²) in [5.74, 6) is 1.25. The Bertz CT molecular complexity index is 931. The molecule has 3 aromatic rings. The summed E-state index contributed by atoms with van der Waals surface area (Å²) in [7, 11) is 0. The standard InChI is InChI=1S/C21H24N4OS/c1-14(2)22-12-19-23-20(18-8-10-27-13-18)25-21(24-19)26-9-7-17-6-5-15(3)16(4)11-17/h5-6,8,10-11,13H,7,9,12H2,1-4H3. The summed E-state index contributed by atoms with van der Waals surface area (Å²) in [5.41, 5.74) is 5.80. The number of hydrogen-bond acceptors (Lipinski definition) is 6. The molecule has 0 fully saturated rings. The molecule has 0 aliphatic rings. The lowest BCUT2D eigenvalue weighted by molar-refractivity contribution is 0.294. The Morgan fingerprint density at radius 2 is 1.93 bits per heavy atom. The van der Waals surface area contributed by atoms with E-state index in [0.717, 1.165) is 17.7 Å². The highest BCUT2D eigenvalue weighted by atomic mass is 32.1. The largest absolute Gasteiger partial charge is 0.463 e. The molecule has 0 atom stereocenters. The van der Waals surface area contributed by atoms with Gasteiger partial charge >= 0.3 is 6.01 Å². The molecule has 0 bridgehead atoms. The van der Waals surface area contributed by atoms with E-state index in [0.29, 0.717) is 30.8 Å². The molecule has 0 spiro atoms. The second-order valence-corrected chi connectivity index (χ2v) is 7.43. The minimum absolute atomic E-state index is 0.356. The lowest BCUT2D eigenvalue weighted by atomic mass is 10.0. The van der Waals surface area contributed by atoms with E-state index in [4.69, 9.17) is 4.74 Å². The summed E-state index contributed by atoms with van der Waals surface area (Å²) in [5, 5.41) is 4.03. The zero-order valence-electron chi connectivity index (χ0n) is 16.2. The molecule has 0 saturated heterocycles. The number of nitrogens with zero attached hydrogens (tertiary/aromatic N) is 4. The minimum Gasteiger partial charge on any atom is -0.463 e. The molecule has 0 unspecified atom stereocenters. The minimum atomic E-state index is 0.356. The van der Waals surface area contributed by atoms with E-state index in [-0.39, 0.29) is 0 Å². The molecule has 2 aromatic heterocycles. The molecule has 2 heterocycles. The van der Waals surface area contributed by atoms with Gasteiger partial charge in [0.1, 0.15) is 0 Å². The van der Waals surface area contributed by atoms with Crippen molar-refractivity contribution in [3.05, 3.63) is 57.5 Å². The Balaban J connectivity index is 1.74. The van der Waals surface area contributed by atoms with Crippen molar-refractivity contribution in [1.29, 1.82) is 0 Å². The molecule has 0 aliphatic heterocycles. The number of aromatic nitrogens is 3. The van der Waals surface area contributed by atoms with Crippen LogP contribution in [0.5, 0.6) is 6.01 Å². The van der Waals surface area contributed by atoms with E-state index < -0.39 is 0 Å². The van der Waals surface area contributed by atoms with Crippen LogP contribution in [0.25, 0.3) is 11.4 Å². The van der Waals surface area contributed by atoms with Gasteiger partial charge in [-0.3, -0.25) is 4.99 Å². The van der Waals surface area contributed by atoms with Crippen molar-refractivity contribution >= 4 is 17.0 Å². The monoisotopic (exact) mass is 380 g/mol. The van der Waals surface area contributed by atoms with Gasteiger partial charge in [0.15, 0.2) is 11.6 Å². The van der Waals surface area contributed by atoms with Crippen LogP contribution in [-0.4, -0.2) is 27.3 Å². The summed E-state index contributed by atoms with van der Waals surface area (Å²) in [4.78, 5) is 17.9. The van der Waals surface area contributed by atoms with E-state index in [1.807, 2.05) is 30.7 Å². The zero-order chi connectivity index (χ0) is 19.2. The molecule has 3 rings (SSSR count). The fourth-order valence-electron chi connectivity index (χ4n) is 2.50. The number of ether oxygens (including phenoxy) is 1. The maximum atomic E-state index is 5.86. The molecule has 140 valence electrons. The summed E-state index contributed by atoms with van der Waals surface area (Å²) in [6, 6.07) is 8.84. The number of rotatable bonds is 7. The van der Waals surface area contributed by atoms with Crippen LogP contribution < -0.4 is 4.74 Å². The number of aliphatic imine (C=N–C) groups is 1. The molecule has 0 aliphatic carbocycles. The van der Waals surface area contributed by atoms with Crippen molar-refractivity contribution in [3.8, 4) is 17.4 Å². The summed E-state index contributed by atoms with van der Waals surface area (Å²) in [6.07, 6.45) is 0.808. The fourth-order valence-corrected chi connectivity index (χ4v) is 3.14. The summed E-state index contributed by atoms with van der Waals surface area (Å²) < 4.78 is 5.86. The molecule has 0 radical (unpaired) electrons. The van der Waals surface area contributed by atoms with E-state index in [1.165, 1.54) is 16.7 Å². The van der Waals surface area contributed by atoms with Gasteiger partial charge in [-0.25, -0.2) is 4.98 Å². The number of thiophene rings is 1. The lowest BCUT2D eigenvalue weighted by Gasteiger charge is -2.08. The van der Waals surface area contributed by atoms with Crippen molar-refractivity contribution in [2.45, 2.75) is 40.7 Å². The average Bonchev–Trinajstić information content (AvgIpc) is 3.18. The van der Waals surface area contributed by atoms with Crippen molar-refractivity contribution in [1.82, 2.24) is 15.0 Å². The first-order valence-electron chi connectivity index (χ1n) is 8.95. The normalized spacial score (nSPS) is 10.7. The molecular formula is C21H24N4OS. The highest BCUT2D eigenvalue weighted by Gasteiger charge is 2.10. The SMILES string of the molecule is CC(C)=NCc1nc(OCCc2ccc(C)c(C)c2)nc(-c2ccsc2)n1. The molecule has 0 saturated carbocycles. The molecule has 5 nitrogen and oxygen atoms in total. The molecule has 0 amide bonds. The third-order valence-electron chi connectivity index (χ3n) is 4.17. The summed E-state index contributed by atoms with van der Waals surface area (Å²) >= 11 is 1.61. The van der Waals surface area contributed by atoms with Crippen LogP contribution in [0, 0.1) is 13.8 Å². The van der Waals surface area contributed by atoms with Crippen molar-refractivity contribution in [3.63, 3.8) is 0 Å². The van der Waals surface area contributed by atoms with Crippen LogP contribution in [-0.2, 0) is 13.0 Å². The first-order chi connectivity index (χ1) is 13.0. The van der Waals surface area contributed by atoms with Crippen molar-refractivity contribution in [2.24, 2.45) is 4.99 Å². The highest BCUT2D eigenvalue weighted by Crippen LogP contribution is 2.20. The van der Waals surface area contributed by atoms with Gasteiger partial charge in [-0.05, 0) is 55.8 Å². The third-order valence-corrected chi connectivity index (χ3v) is 4.85. The second kappa shape index (κ2) is 8.86. The Labute approximate surface area is 164 Å². The smallest absolute Gasteiger partial charge is 0.320 e. The Hall–Kier alpha value is -2.60. The van der Waals surface area contributed by atoms with Gasteiger partial charge in [0.25, 0.3) is 0 Å². The van der Waals surface area contributed by atoms with Gasteiger partial charge in [0.2, 0.25) is 0 Å². The van der Waals surface area contributed by atoms with Gasteiger partial charge in [0.05, 0.1) is 13.2 Å². The molecule has 1 aromatic carbocycles. The second-order valence-electron chi connectivity index (χ2n) is 6.65. The molecule has 27 heavy (non-hydrogen) atoms. The predicted octanol–water partition coefficient (Wildman–Crippen LogP) is 4.82. The maximum Gasteiger partial charge on any atom is 0.320 e. The Kier molecular flexibility index (Phi) is 6.29. The number of aryl methyl sites for hydroxylation is 2. The van der Waals surface area contributed by atoms with Gasteiger partial charge in [0, 0.05) is 23.1 Å². The van der Waals surface area contributed by atoms with Gasteiger partial charge in [-0.15, -0.1) is 0 Å². The molecule has 0 N–H and O–H groups in total. The number of benzene rings is 1. The van der Waals surface area contributed by atoms with Crippen LogP contribution >= 0.6 is 11.3 Å². The average molecular weight is 381 g/mol. The quantitative estimate of drug-likeness (QED) is 0.551. The van der Waals surface area contributed by atoms with E-state index in [9.17, 15) is 0 Å². The predicted molar refractivity (Wildman–Crippen MR) is 111 cm³/mol. The van der Waals surface area contributed by atoms with Gasteiger partial charge in [-0.2, -0.15) is 21.3 Å². The topological polar surface area (TPSA) is 60.3 Å². The van der Waals surface area contributed by atoms with E-state index in [2.05, 4.69) is 52.0 Å². The van der Waals surface area contributed by atoms with Crippen molar-refractivity contribution < 1.29 is 4.74 Å². The van der Waals surface area contributed by atoms with Gasteiger partial charge in [-0.1, -0.05) is 18.2 Å². The van der Waals surface area contributed by atoms with Gasteiger partial charge < -0.3 is 4.74 Å². The zero-order valence-corrected chi connectivity index (χ0v) is 17.0. The first kappa shape index (κ1) is 19.2. The highest BCUT2D eigenvalue weighted by molar-refractivity contribution is 7.08. The Morgan fingerprint density at radius 1 is 1.07 bits per heavy atom. The fraction of sp³-hybridized carbons (Fsp3) is 0.333. The van der Waals surface area contributed by atoms with E-state index >= 15 is 0 Å². The van der Waals surface area contributed by atoms with Crippen LogP contribution in [0.2, 0.25) is 0 Å². The van der Waals surface area contributed by atoms with Crippen LogP contribution in [0.1, 0.15) is 36.4 Å². The van der Waals surface area contributed by atoms with Crippen LogP contribution in [0.3, 0.4) is 0 Å². The first-order valence-corrected chi connectivity index (χ1v) is 9.89. The van der Waals surface area contributed by atoms with Crippen LogP contribution in [0.15, 0.2) is 40.0 Å². The maximum absolute atomic E-state index is 5.86. The van der Waals surface area contributed by atoms with Crippen molar-refractivity contribution in [2.75, 3.05) is 6.61 Å². The lowest BCUT2D eigenvalue weighted by Crippen LogP contribution is -2.08. The van der Waals surface area contributed by atoms with E-state index in [1.54, 1.807) is 11.3 Å². The molecule has 6 heteroatoms.